The van der Waals surface area contributed by atoms with Gasteiger partial charge >= 0.3 is 0 Å². The van der Waals surface area contributed by atoms with Gasteiger partial charge in [0, 0.05) is 5.38 Å². The summed E-state index contributed by atoms with van der Waals surface area (Å²) in [6, 6.07) is 8.24. The van der Waals surface area contributed by atoms with Crippen LogP contribution in [0.25, 0.3) is 0 Å². The van der Waals surface area contributed by atoms with Gasteiger partial charge in [-0.05, 0) is 25.0 Å². The molecule has 1 aromatic heterocycles. The van der Waals surface area contributed by atoms with Crippen molar-refractivity contribution in [3.05, 3.63) is 52.0 Å². The molecule has 1 amide bonds. The highest BCUT2D eigenvalue weighted by Crippen LogP contribution is 2.28. The molecule has 0 radical (unpaired) electrons. The van der Waals surface area contributed by atoms with Gasteiger partial charge in [0.25, 0.3) is 5.91 Å². The summed E-state index contributed by atoms with van der Waals surface area (Å²) in [5, 5.41) is 1.80. The topological polar surface area (TPSA) is 42.4 Å². The monoisotopic (exact) mass is 302 g/mol. The summed E-state index contributed by atoms with van der Waals surface area (Å²) in [6.45, 7) is 5.21. The molecule has 1 saturated heterocycles. The molecule has 1 fully saturated rings. The van der Waals surface area contributed by atoms with Crippen molar-refractivity contribution in [2.45, 2.75) is 26.0 Å². The van der Waals surface area contributed by atoms with Gasteiger partial charge in [0.15, 0.2) is 0 Å². The molecule has 1 aromatic carbocycles. The van der Waals surface area contributed by atoms with Gasteiger partial charge in [0.2, 0.25) is 0 Å². The van der Waals surface area contributed by atoms with E-state index in [1.54, 1.807) is 10.9 Å². The molecule has 4 nitrogen and oxygen atoms in total. The Balaban J connectivity index is 1.82. The fourth-order valence-corrected chi connectivity index (χ4v) is 3.17. The van der Waals surface area contributed by atoms with E-state index < -0.39 is 0 Å². The van der Waals surface area contributed by atoms with Crippen LogP contribution in [0.3, 0.4) is 0 Å². The number of nitrogens with zero attached hydrogens (tertiary/aromatic N) is 2. The SMILES string of the molecule is Cc1ccccc1[C@H]1CN(C(=O)c2cscn2)[C@H](C)CO1. The number of carbonyl (C=O) groups is 1. The molecule has 3 rings (SSSR count). The quantitative estimate of drug-likeness (QED) is 0.856. The second-order valence-corrected chi connectivity index (χ2v) is 6.08. The largest absolute Gasteiger partial charge is 0.370 e. The highest BCUT2D eigenvalue weighted by Gasteiger charge is 2.32. The molecule has 21 heavy (non-hydrogen) atoms. The van der Waals surface area contributed by atoms with E-state index in [0.717, 1.165) is 5.56 Å². The predicted molar refractivity (Wildman–Crippen MR) is 82.5 cm³/mol. The summed E-state index contributed by atoms with van der Waals surface area (Å²) in [5.74, 6) is -0.00867. The molecule has 1 aliphatic rings. The number of hydrogen-bond donors (Lipinski definition) is 0. The van der Waals surface area contributed by atoms with Crippen molar-refractivity contribution in [3.63, 3.8) is 0 Å². The van der Waals surface area contributed by atoms with Gasteiger partial charge in [0.05, 0.1) is 24.7 Å². The van der Waals surface area contributed by atoms with Crippen LogP contribution in [0.2, 0.25) is 0 Å². The molecule has 0 unspecified atom stereocenters. The molecule has 0 bridgehead atoms. The molecule has 1 aliphatic heterocycles. The van der Waals surface area contributed by atoms with Gasteiger partial charge in [-0.3, -0.25) is 4.79 Å². The molecular formula is C16H18N2O2S. The fraction of sp³-hybridized carbons (Fsp3) is 0.375. The smallest absolute Gasteiger partial charge is 0.273 e. The van der Waals surface area contributed by atoms with Crippen molar-refractivity contribution in [3.8, 4) is 0 Å². The normalized spacial score (nSPS) is 22.3. The average molecular weight is 302 g/mol. The van der Waals surface area contributed by atoms with Gasteiger partial charge in [-0.2, -0.15) is 0 Å². The van der Waals surface area contributed by atoms with Gasteiger partial charge in [-0.15, -0.1) is 11.3 Å². The lowest BCUT2D eigenvalue weighted by Gasteiger charge is -2.38. The summed E-state index contributed by atoms with van der Waals surface area (Å²) in [6.07, 6.45) is -0.0648. The lowest BCUT2D eigenvalue weighted by Crippen LogP contribution is -2.48. The van der Waals surface area contributed by atoms with Crippen LogP contribution in [-0.4, -0.2) is 35.0 Å². The van der Waals surface area contributed by atoms with Crippen LogP contribution in [0.1, 0.15) is 34.6 Å². The number of hydrogen-bond acceptors (Lipinski definition) is 4. The zero-order valence-corrected chi connectivity index (χ0v) is 13.0. The van der Waals surface area contributed by atoms with Crippen LogP contribution in [0, 0.1) is 6.92 Å². The fourth-order valence-electron chi connectivity index (χ4n) is 2.64. The van der Waals surface area contributed by atoms with E-state index in [2.05, 4.69) is 24.0 Å². The minimum absolute atomic E-state index is 0.00867. The lowest BCUT2D eigenvalue weighted by atomic mass is 10.0. The molecule has 5 heteroatoms. The zero-order chi connectivity index (χ0) is 14.8. The molecule has 110 valence electrons. The molecular weight excluding hydrogens is 284 g/mol. The summed E-state index contributed by atoms with van der Waals surface area (Å²) in [7, 11) is 0. The summed E-state index contributed by atoms with van der Waals surface area (Å²) < 4.78 is 5.94. The molecule has 2 heterocycles. The second kappa shape index (κ2) is 5.95. The van der Waals surface area contributed by atoms with Crippen molar-refractivity contribution >= 4 is 17.2 Å². The van der Waals surface area contributed by atoms with Crippen molar-refractivity contribution in [1.82, 2.24) is 9.88 Å². The third kappa shape index (κ3) is 2.84. The van der Waals surface area contributed by atoms with E-state index in [9.17, 15) is 4.79 Å². The van der Waals surface area contributed by atoms with Crippen molar-refractivity contribution < 1.29 is 9.53 Å². The van der Waals surface area contributed by atoms with Gasteiger partial charge in [-0.25, -0.2) is 4.98 Å². The van der Waals surface area contributed by atoms with Crippen molar-refractivity contribution in [2.75, 3.05) is 13.2 Å². The standard InChI is InChI=1S/C16H18N2O2S/c1-11-5-3-4-6-13(11)15-7-18(12(2)8-20-15)16(19)14-9-21-10-17-14/h3-6,9-10,12,15H,7-8H2,1-2H3/t12-,15-/m1/s1. The number of thiazole rings is 1. The maximum atomic E-state index is 12.5. The third-order valence-corrected chi connectivity index (χ3v) is 4.47. The number of aromatic nitrogens is 1. The Labute approximate surface area is 128 Å². The van der Waals surface area contributed by atoms with E-state index in [-0.39, 0.29) is 18.1 Å². The number of carbonyl (C=O) groups excluding carboxylic acids is 1. The number of aryl methyl sites for hydroxylation is 1. The van der Waals surface area contributed by atoms with Crippen LogP contribution >= 0.6 is 11.3 Å². The van der Waals surface area contributed by atoms with Crippen molar-refractivity contribution in [2.24, 2.45) is 0 Å². The number of rotatable bonds is 2. The van der Waals surface area contributed by atoms with E-state index in [0.29, 0.717) is 18.8 Å². The maximum Gasteiger partial charge on any atom is 0.273 e. The van der Waals surface area contributed by atoms with Gasteiger partial charge in [0.1, 0.15) is 11.8 Å². The maximum absolute atomic E-state index is 12.5. The zero-order valence-electron chi connectivity index (χ0n) is 12.2. The lowest BCUT2D eigenvalue weighted by molar-refractivity contribution is -0.0490. The minimum Gasteiger partial charge on any atom is -0.370 e. The van der Waals surface area contributed by atoms with Crippen LogP contribution in [-0.2, 0) is 4.74 Å². The van der Waals surface area contributed by atoms with Crippen LogP contribution in [0.15, 0.2) is 35.2 Å². The number of benzene rings is 1. The predicted octanol–water partition coefficient (Wildman–Crippen LogP) is 3.05. The third-order valence-electron chi connectivity index (χ3n) is 3.88. The van der Waals surface area contributed by atoms with E-state index in [4.69, 9.17) is 4.74 Å². The van der Waals surface area contributed by atoms with Crippen LogP contribution in [0.5, 0.6) is 0 Å². The minimum atomic E-state index is -0.0648. The summed E-state index contributed by atoms with van der Waals surface area (Å²) in [4.78, 5) is 18.5. The van der Waals surface area contributed by atoms with Crippen LogP contribution in [0.4, 0.5) is 0 Å². The van der Waals surface area contributed by atoms with Gasteiger partial charge in [-0.1, -0.05) is 24.3 Å². The number of amides is 1. The second-order valence-electron chi connectivity index (χ2n) is 5.36. The summed E-state index contributed by atoms with van der Waals surface area (Å²) >= 11 is 1.44. The Hall–Kier alpha value is -1.72. The molecule has 0 aliphatic carbocycles. The Bertz CT molecular complexity index is 627. The average Bonchev–Trinajstić information content (AvgIpc) is 3.02. The highest BCUT2D eigenvalue weighted by atomic mass is 32.1. The summed E-state index contributed by atoms with van der Waals surface area (Å²) in [5.41, 5.74) is 4.56. The highest BCUT2D eigenvalue weighted by molar-refractivity contribution is 7.07. The Morgan fingerprint density at radius 2 is 2.24 bits per heavy atom. The Kier molecular flexibility index (Phi) is 4.03. The number of morpholine rings is 1. The first kappa shape index (κ1) is 14.2. The van der Waals surface area contributed by atoms with E-state index in [1.807, 2.05) is 24.0 Å². The molecule has 0 saturated carbocycles. The Morgan fingerprint density at radius 3 is 2.95 bits per heavy atom. The molecule has 0 N–H and O–H groups in total. The van der Waals surface area contributed by atoms with Gasteiger partial charge < -0.3 is 9.64 Å². The molecule has 2 aromatic rings. The van der Waals surface area contributed by atoms with E-state index >= 15 is 0 Å². The van der Waals surface area contributed by atoms with E-state index in [1.165, 1.54) is 16.9 Å². The molecule has 0 spiro atoms. The first-order valence-electron chi connectivity index (χ1n) is 7.03. The van der Waals surface area contributed by atoms with Crippen molar-refractivity contribution in [1.29, 1.82) is 0 Å². The first-order chi connectivity index (χ1) is 10.2. The molecule has 2 atom stereocenters. The number of ether oxygens (including phenoxy) is 1. The Morgan fingerprint density at radius 1 is 1.43 bits per heavy atom. The first-order valence-corrected chi connectivity index (χ1v) is 7.97. The van der Waals surface area contributed by atoms with Crippen LogP contribution < -0.4 is 0 Å².